The molecule has 1 aliphatic rings. The van der Waals surface area contributed by atoms with Crippen molar-refractivity contribution in [1.82, 2.24) is 5.32 Å². The SMILES string of the molecule is CC(C)(O)CCNCC1(O)CCC(C)(C)CC1. The molecule has 0 aromatic rings. The lowest BCUT2D eigenvalue weighted by Gasteiger charge is -2.40. The normalized spacial score (nSPS) is 23.6. The summed E-state index contributed by atoms with van der Waals surface area (Å²) in [5.41, 5.74) is -0.765. The third-order valence-electron chi connectivity index (χ3n) is 3.90. The van der Waals surface area contributed by atoms with Crippen molar-refractivity contribution in [3.05, 3.63) is 0 Å². The highest BCUT2D eigenvalue weighted by Crippen LogP contribution is 2.39. The monoisotopic (exact) mass is 243 g/mol. The summed E-state index contributed by atoms with van der Waals surface area (Å²) >= 11 is 0. The van der Waals surface area contributed by atoms with Crippen LogP contribution in [0.25, 0.3) is 0 Å². The lowest BCUT2D eigenvalue weighted by atomic mass is 9.71. The van der Waals surface area contributed by atoms with Gasteiger partial charge in [0, 0.05) is 6.54 Å². The summed E-state index contributed by atoms with van der Waals surface area (Å²) in [7, 11) is 0. The molecule has 0 unspecified atom stereocenters. The second kappa shape index (κ2) is 5.25. The molecular weight excluding hydrogens is 214 g/mol. The average molecular weight is 243 g/mol. The summed E-state index contributed by atoms with van der Waals surface area (Å²) in [6.45, 7) is 9.58. The molecule has 3 heteroatoms. The molecule has 1 rings (SSSR count). The predicted octanol–water partition coefficient (Wildman–Crippen LogP) is 2.07. The van der Waals surface area contributed by atoms with Crippen molar-refractivity contribution in [3.8, 4) is 0 Å². The van der Waals surface area contributed by atoms with Crippen LogP contribution in [0.15, 0.2) is 0 Å². The van der Waals surface area contributed by atoms with Crippen LogP contribution in [-0.2, 0) is 0 Å². The smallest absolute Gasteiger partial charge is 0.0772 e. The molecule has 0 heterocycles. The average Bonchev–Trinajstić information content (AvgIpc) is 2.17. The second-order valence-corrected chi connectivity index (χ2v) is 7.13. The van der Waals surface area contributed by atoms with Gasteiger partial charge in [0.15, 0.2) is 0 Å². The molecule has 0 aromatic heterocycles. The number of hydrogen-bond acceptors (Lipinski definition) is 3. The van der Waals surface area contributed by atoms with Crippen molar-refractivity contribution in [2.45, 2.75) is 71.0 Å². The summed E-state index contributed by atoms with van der Waals surface area (Å²) in [6.07, 6.45) is 4.67. The lowest BCUT2D eigenvalue weighted by Crippen LogP contribution is -2.45. The Labute approximate surface area is 106 Å². The fourth-order valence-electron chi connectivity index (χ4n) is 2.28. The highest BCUT2D eigenvalue weighted by atomic mass is 16.3. The number of aliphatic hydroxyl groups is 2. The summed E-state index contributed by atoms with van der Waals surface area (Å²) in [5.74, 6) is 0. The fourth-order valence-corrected chi connectivity index (χ4v) is 2.28. The van der Waals surface area contributed by atoms with E-state index in [-0.39, 0.29) is 0 Å². The number of nitrogens with one attached hydrogen (secondary N) is 1. The van der Waals surface area contributed by atoms with Crippen molar-refractivity contribution in [1.29, 1.82) is 0 Å². The quantitative estimate of drug-likeness (QED) is 0.648. The molecule has 3 nitrogen and oxygen atoms in total. The summed E-state index contributed by atoms with van der Waals surface area (Å²) in [6, 6.07) is 0. The Hall–Kier alpha value is -0.120. The van der Waals surface area contributed by atoms with Gasteiger partial charge >= 0.3 is 0 Å². The van der Waals surface area contributed by atoms with Gasteiger partial charge in [-0.15, -0.1) is 0 Å². The zero-order chi connectivity index (χ0) is 13.2. The van der Waals surface area contributed by atoms with Crippen LogP contribution in [0.4, 0.5) is 0 Å². The minimum absolute atomic E-state index is 0.388. The van der Waals surface area contributed by atoms with E-state index in [4.69, 9.17) is 0 Å². The second-order valence-electron chi connectivity index (χ2n) is 7.13. The molecule has 102 valence electrons. The van der Waals surface area contributed by atoms with Gasteiger partial charge in [-0.3, -0.25) is 0 Å². The predicted molar refractivity (Wildman–Crippen MR) is 71.0 cm³/mol. The molecule has 0 atom stereocenters. The van der Waals surface area contributed by atoms with E-state index in [1.165, 1.54) is 0 Å². The van der Waals surface area contributed by atoms with Gasteiger partial charge in [-0.25, -0.2) is 0 Å². The largest absolute Gasteiger partial charge is 0.390 e. The Morgan fingerprint density at radius 3 is 2.12 bits per heavy atom. The Bertz CT molecular complexity index is 233. The van der Waals surface area contributed by atoms with Crippen LogP contribution in [0.3, 0.4) is 0 Å². The highest BCUT2D eigenvalue weighted by Gasteiger charge is 2.36. The molecule has 0 amide bonds. The molecular formula is C14H29NO2. The molecule has 0 bridgehead atoms. The first kappa shape index (κ1) is 14.9. The minimum Gasteiger partial charge on any atom is -0.390 e. The first-order valence-electron chi connectivity index (χ1n) is 6.78. The zero-order valence-electron chi connectivity index (χ0n) is 11.8. The fraction of sp³-hybridized carbons (Fsp3) is 1.00. The van der Waals surface area contributed by atoms with Gasteiger partial charge in [-0.05, 0) is 57.9 Å². The van der Waals surface area contributed by atoms with Crippen molar-refractivity contribution in [2.75, 3.05) is 13.1 Å². The van der Waals surface area contributed by atoms with Crippen LogP contribution in [0, 0.1) is 5.41 Å². The number of hydrogen-bond donors (Lipinski definition) is 3. The Morgan fingerprint density at radius 1 is 1.12 bits per heavy atom. The summed E-state index contributed by atoms with van der Waals surface area (Å²) in [4.78, 5) is 0. The Balaban J connectivity index is 2.23. The van der Waals surface area contributed by atoms with Gasteiger partial charge in [0.2, 0.25) is 0 Å². The summed E-state index contributed by atoms with van der Waals surface area (Å²) in [5, 5.41) is 23.3. The van der Waals surface area contributed by atoms with Crippen molar-refractivity contribution in [3.63, 3.8) is 0 Å². The molecule has 0 aliphatic heterocycles. The van der Waals surface area contributed by atoms with Gasteiger partial charge in [-0.2, -0.15) is 0 Å². The van der Waals surface area contributed by atoms with Gasteiger partial charge in [-0.1, -0.05) is 13.8 Å². The molecule has 17 heavy (non-hydrogen) atoms. The van der Waals surface area contributed by atoms with E-state index in [1.54, 1.807) is 0 Å². The van der Waals surface area contributed by atoms with Crippen LogP contribution >= 0.6 is 0 Å². The van der Waals surface area contributed by atoms with E-state index in [0.29, 0.717) is 18.4 Å². The van der Waals surface area contributed by atoms with E-state index in [1.807, 2.05) is 13.8 Å². The van der Waals surface area contributed by atoms with Crippen molar-refractivity contribution >= 4 is 0 Å². The van der Waals surface area contributed by atoms with Gasteiger partial charge in [0.25, 0.3) is 0 Å². The third kappa shape index (κ3) is 5.84. The first-order chi connectivity index (χ1) is 7.62. The maximum Gasteiger partial charge on any atom is 0.0772 e. The van der Waals surface area contributed by atoms with Crippen molar-refractivity contribution < 1.29 is 10.2 Å². The van der Waals surface area contributed by atoms with Crippen LogP contribution in [0.5, 0.6) is 0 Å². The maximum atomic E-state index is 10.4. The lowest BCUT2D eigenvalue weighted by molar-refractivity contribution is -0.0254. The van der Waals surface area contributed by atoms with Crippen molar-refractivity contribution in [2.24, 2.45) is 5.41 Å². The third-order valence-corrected chi connectivity index (χ3v) is 3.90. The molecule has 0 radical (unpaired) electrons. The molecule has 0 spiro atoms. The van der Waals surface area contributed by atoms with E-state index < -0.39 is 11.2 Å². The zero-order valence-corrected chi connectivity index (χ0v) is 11.8. The van der Waals surface area contributed by atoms with E-state index >= 15 is 0 Å². The first-order valence-corrected chi connectivity index (χ1v) is 6.78. The molecule has 1 saturated carbocycles. The van der Waals surface area contributed by atoms with Crippen LogP contribution in [0.1, 0.15) is 59.8 Å². The van der Waals surface area contributed by atoms with E-state index in [2.05, 4.69) is 19.2 Å². The molecule has 0 aromatic carbocycles. The maximum absolute atomic E-state index is 10.4. The van der Waals surface area contributed by atoms with E-state index in [9.17, 15) is 10.2 Å². The van der Waals surface area contributed by atoms with Gasteiger partial charge < -0.3 is 15.5 Å². The number of rotatable bonds is 5. The molecule has 1 aliphatic carbocycles. The van der Waals surface area contributed by atoms with Gasteiger partial charge in [0.05, 0.1) is 11.2 Å². The molecule has 3 N–H and O–H groups in total. The van der Waals surface area contributed by atoms with Gasteiger partial charge in [0.1, 0.15) is 0 Å². The Kier molecular flexibility index (Phi) is 4.61. The Morgan fingerprint density at radius 2 is 1.65 bits per heavy atom. The molecule has 1 fully saturated rings. The molecule has 0 saturated heterocycles. The minimum atomic E-state index is -0.621. The van der Waals surface area contributed by atoms with E-state index in [0.717, 1.165) is 32.2 Å². The highest BCUT2D eigenvalue weighted by molar-refractivity contribution is 4.90. The van der Waals surface area contributed by atoms with Crippen LogP contribution < -0.4 is 5.32 Å². The van der Waals surface area contributed by atoms with Crippen LogP contribution in [-0.4, -0.2) is 34.5 Å². The summed E-state index contributed by atoms with van der Waals surface area (Å²) < 4.78 is 0. The van der Waals surface area contributed by atoms with Crippen LogP contribution in [0.2, 0.25) is 0 Å². The topological polar surface area (TPSA) is 52.5 Å². The standard InChI is InChI=1S/C14H29NO2/c1-12(2)5-7-14(17,8-6-12)11-15-10-9-13(3,4)16/h15-17H,5-11H2,1-4H3.